The fourth-order valence-electron chi connectivity index (χ4n) is 3.35. The van der Waals surface area contributed by atoms with Crippen LogP contribution in [0.15, 0.2) is 54.6 Å². The Morgan fingerprint density at radius 1 is 0.939 bits per heavy atom. The van der Waals surface area contributed by atoms with Gasteiger partial charge in [0.15, 0.2) is 0 Å². The highest BCUT2D eigenvalue weighted by Gasteiger charge is 2.24. The summed E-state index contributed by atoms with van der Waals surface area (Å²) in [6.45, 7) is 0. The molecule has 0 heterocycles. The minimum Gasteiger partial charge on any atom is -0.496 e. The van der Waals surface area contributed by atoms with Gasteiger partial charge in [-0.3, -0.25) is 4.79 Å². The van der Waals surface area contributed by atoms with Gasteiger partial charge in [0, 0.05) is 11.4 Å². The van der Waals surface area contributed by atoms with Crippen molar-refractivity contribution >= 4 is 46.7 Å². The largest absolute Gasteiger partial charge is 0.496 e. The molecule has 0 aromatic heterocycles. The van der Waals surface area contributed by atoms with Crippen molar-refractivity contribution < 1.29 is 24.2 Å². The molecule has 9 heteroatoms. The lowest BCUT2D eigenvalue weighted by atomic mass is 9.99. The summed E-state index contributed by atoms with van der Waals surface area (Å²) in [6, 6.07) is 14.0. The number of benzene rings is 3. The quantitative estimate of drug-likeness (QED) is 0.404. The van der Waals surface area contributed by atoms with E-state index in [4.69, 9.17) is 44.3 Å². The maximum Gasteiger partial charge on any atom is 0.326 e. The van der Waals surface area contributed by atoms with E-state index in [1.807, 2.05) is 12.1 Å². The number of carboxylic acid groups (broad SMARTS) is 1. The first kappa shape index (κ1) is 24.7. The fraction of sp³-hybridized carbons (Fsp3) is 0.167. The van der Waals surface area contributed by atoms with Gasteiger partial charge in [0.1, 0.15) is 17.5 Å². The van der Waals surface area contributed by atoms with Crippen LogP contribution in [0.25, 0.3) is 11.1 Å². The van der Waals surface area contributed by atoms with Crippen LogP contribution < -0.4 is 14.8 Å². The van der Waals surface area contributed by atoms with Gasteiger partial charge in [0.2, 0.25) is 0 Å². The second-order valence-electron chi connectivity index (χ2n) is 7.05. The van der Waals surface area contributed by atoms with Gasteiger partial charge in [-0.05, 0) is 35.4 Å². The minimum atomic E-state index is -1.18. The Morgan fingerprint density at radius 3 is 1.97 bits per heavy atom. The SMILES string of the molecule is COc1cc(Cl)cc(OC)c1-c1ccc(C[C@H](NC(=O)c2c(Cl)cccc2Cl)C(=O)O)cc1. The van der Waals surface area contributed by atoms with Gasteiger partial charge >= 0.3 is 5.97 Å². The van der Waals surface area contributed by atoms with Gasteiger partial charge in [-0.1, -0.05) is 65.1 Å². The number of hydrogen-bond donors (Lipinski definition) is 2. The third-order valence-corrected chi connectivity index (χ3v) is 5.79. The van der Waals surface area contributed by atoms with Crippen LogP contribution in [0.2, 0.25) is 15.1 Å². The molecular formula is C24H20Cl3NO5. The van der Waals surface area contributed by atoms with Crippen molar-refractivity contribution in [2.45, 2.75) is 12.5 Å². The Labute approximate surface area is 206 Å². The van der Waals surface area contributed by atoms with E-state index in [1.54, 1.807) is 30.3 Å². The zero-order valence-corrected chi connectivity index (χ0v) is 20.0. The van der Waals surface area contributed by atoms with Gasteiger partial charge in [-0.15, -0.1) is 0 Å². The molecule has 0 radical (unpaired) electrons. The lowest BCUT2D eigenvalue weighted by Gasteiger charge is -2.17. The van der Waals surface area contributed by atoms with Crippen LogP contribution in [0.4, 0.5) is 0 Å². The summed E-state index contributed by atoms with van der Waals surface area (Å²) >= 11 is 18.2. The molecule has 0 saturated carbocycles. The zero-order chi connectivity index (χ0) is 24.1. The number of nitrogens with one attached hydrogen (secondary N) is 1. The van der Waals surface area contributed by atoms with Crippen molar-refractivity contribution in [2.24, 2.45) is 0 Å². The number of rotatable bonds is 8. The topological polar surface area (TPSA) is 84.9 Å². The molecule has 6 nitrogen and oxygen atoms in total. The molecule has 3 aromatic rings. The highest BCUT2D eigenvalue weighted by Crippen LogP contribution is 2.40. The predicted octanol–water partition coefficient (Wildman–Crippen LogP) is 5.76. The number of ether oxygens (including phenoxy) is 2. The smallest absolute Gasteiger partial charge is 0.326 e. The first-order valence-corrected chi connectivity index (χ1v) is 10.9. The Bertz CT molecular complexity index is 1140. The molecule has 0 aliphatic carbocycles. The van der Waals surface area contributed by atoms with E-state index in [2.05, 4.69) is 5.32 Å². The summed E-state index contributed by atoms with van der Waals surface area (Å²) < 4.78 is 10.9. The molecule has 0 fully saturated rings. The third-order valence-electron chi connectivity index (χ3n) is 4.95. The Balaban J connectivity index is 1.83. The molecular weight excluding hydrogens is 489 g/mol. The summed E-state index contributed by atoms with van der Waals surface area (Å²) in [4.78, 5) is 24.4. The van der Waals surface area contributed by atoms with Gasteiger partial charge in [-0.25, -0.2) is 4.79 Å². The molecule has 1 atom stereocenters. The monoisotopic (exact) mass is 507 g/mol. The van der Waals surface area contributed by atoms with Crippen LogP contribution in [-0.2, 0) is 11.2 Å². The molecule has 172 valence electrons. The van der Waals surface area contributed by atoms with E-state index >= 15 is 0 Å². The van der Waals surface area contributed by atoms with Gasteiger partial charge in [0.25, 0.3) is 5.91 Å². The standard InChI is InChI=1S/C24H20Cl3NO5/c1-32-19-11-15(25)12-20(33-2)21(19)14-8-6-13(7-9-14)10-18(24(30)31)28-23(29)22-16(26)4-3-5-17(22)27/h3-9,11-12,18H,10H2,1-2H3,(H,28,29)(H,30,31)/t18-/m0/s1. The van der Waals surface area contributed by atoms with Crippen LogP contribution in [0.3, 0.4) is 0 Å². The van der Waals surface area contributed by atoms with Gasteiger partial charge in [-0.2, -0.15) is 0 Å². The first-order chi connectivity index (χ1) is 15.7. The molecule has 3 aromatic carbocycles. The number of carboxylic acids is 1. The first-order valence-electron chi connectivity index (χ1n) is 9.73. The van der Waals surface area contributed by atoms with Gasteiger partial charge < -0.3 is 19.9 Å². The molecule has 0 aliphatic rings. The number of halogens is 3. The van der Waals surface area contributed by atoms with Crippen molar-refractivity contribution in [3.63, 3.8) is 0 Å². The van der Waals surface area contributed by atoms with Crippen LogP contribution in [0.1, 0.15) is 15.9 Å². The zero-order valence-electron chi connectivity index (χ0n) is 17.7. The molecule has 0 saturated heterocycles. The Morgan fingerprint density at radius 2 is 1.48 bits per heavy atom. The average molecular weight is 509 g/mol. The van der Waals surface area contributed by atoms with Crippen molar-refractivity contribution in [3.05, 3.63) is 80.8 Å². The maximum atomic E-state index is 12.6. The second-order valence-corrected chi connectivity index (χ2v) is 8.30. The fourth-order valence-corrected chi connectivity index (χ4v) is 4.12. The summed E-state index contributed by atoms with van der Waals surface area (Å²) in [6.07, 6.45) is 0.0539. The third kappa shape index (κ3) is 5.71. The molecule has 1 amide bonds. The number of carbonyl (C=O) groups excluding carboxylic acids is 1. The summed E-state index contributed by atoms with van der Waals surface area (Å²) in [5.74, 6) is -0.763. The number of hydrogen-bond acceptors (Lipinski definition) is 4. The average Bonchev–Trinajstić information content (AvgIpc) is 2.78. The lowest BCUT2D eigenvalue weighted by molar-refractivity contribution is -0.139. The molecule has 33 heavy (non-hydrogen) atoms. The minimum absolute atomic E-state index is 0.0318. The van der Waals surface area contributed by atoms with E-state index < -0.39 is 17.9 Å². The molecule has 0 aliphatic heterocycles. The summed E-state index contributed by atoms with van der Waals surface area (Å²) in [5, 5.41) is 12.9. The summed E-state index contributed by atoms with van der Waals surface area (Å²) in [5.41, 5.74) is 2.24. The van der Waals surface area contributed by atoms with Crippen LogP contribution >= 0.6 is 34.8 Å². The van der Waals surface area contributed by atoms with Crippen LogP contribution in [0, 0.1) is 0 Å². The van der Waals surface area contributed by atoms with E-state index in [0.717, 1.165) is 5.56 Å². The molecule has 0 bridgehead atoms. The number of methoxy groups -OCH3 is 2. The maximum absolute atomic E-state index is 12.6. The van der Waals surface area contributed by atoms with E-state index in [-0.39, 0.29) is 22.0 Å². The van der Waals surface area contributed by atoms with E-state index in [1.165, 1.54) is 26.4 Å². The highest BCUT2D eigenvalue weighted by molar-refractivity contribution is 6.39. The number of amides is 1. The second kappa shape index (κ2) is 10.8. The van der Waals surface area contributed by atoms with E-state index in [0.29, 0.717) is 27.6 Å². The molecule has 2 N–H and O–H groups in total. The normalized spacial score (nSPS) is 11.5. The van der Waals surface area contributed by atoms with Crippen molar-refractivity contribution in [1.82, 2.24) is 5.32 Å². The summed E-state index contributed by atoms with van der Waals surface area (Å²) in [7, 11) is 3.07. The highest BCUT2D eigenvalue weighted by atomic mass is 35.5. The van der Waals surface area contributed by atoms with Crippen LogP contribution in [-0.4, -0.2) is 37.2 Å². The van der Waals surface area contributed by atoms with E-state index in [9.17, 15) is 14.7 Å². The van der Waals surface area contributed by atoms with Crippen molar-refractivity contribution in [3.8, 4) is 22.6 Å². The Kier molecular flexibility index (Phi) is 8.08. The number of aliphatic carboxylic acids is 1. The van der Waals surface area contributed by atoms with Gasteiger partial charge in [0.05, 0.1) is 35.4 Å². The Hall–Kier alpha value is -2.93. The van der Waals surface area contributed by atoms with Crippen LogP contribution in [0.5, 0.6) is 11.5 Å². The molecule has 0 unspecified atom stereocenters. The lowest BCUT2D eigenvalue weighted by Crippen LogP contribution is -2.42. The molecule has 3 rings (SSSR count). The predicted molar refractivity (Wildman–Crippen MR) is 129 cm³/mol. The molecule has 0 spiro atoms. The van der Waals surface area contributed by atoms with Crippen molar-refractivity contribution in [1.29, 1.82) is 0 Å². The number of carbonyl (C=O) groups is 2. The van der Waals surface area contributed by atoms with Crippen molar-refractivity contribution in [2.75, 3.05) is 14.2 Å².